The third kappa shape index (κ3) is 3.05. The fourth-order valence-electron chi connectivity index (χ4n) is 4.84. The third-order valence-corrected chi connectivity index (χ3v) is 6.38. The number of esters is 2. The summed E-state index contributed by atoms with van der Waals surface area (Å²) in [7, 11) is 0. The van der Waals surface area contributed by atoms with E-state index in [4.69, 9.17) is 18.9 Å². The van der Waals surface area contributed by atoms with E-state index < -0.39 is 53.7 Å². The first-order valence-corrected chi connectivity index (χ1v) is 10.0. The Morgan fingerprint density at radius 3 is 2.53 bits per heavy atom. The zero-order chi connectivity index (χ0) is 22.0. The zero-order valence-corrected chi connectivity index (χ0v) is 17.5. The summed E-state index contributed by atoms with van der Waals surface area (Å²) in [5.41, 5.74) is 0.211. The van der Waals surface area contributed by atoms with Gasteiger partial charge in [-0.1, -0.05) is 17.7 Å². The molecule has 3 saturated heterocycles. The molecule has 0 amide bonds. The van der Waals surface area contributed by atoms with Gasteiger partial charge in [0, 0.05) is 19.3 Å². The smallest absolute Gasteiger partial charge is 0.344 e. The lowest BCUT2D eigenvalue weighted by Gasteiger charge is -2.48. The van der Waals surface area contributed by atoms with Gasteiger partial charge >= 0.3 is 11.9 Å². The number of ketones is 1. The van der Waals surface area contributed by atoms with E-state index in [1.54, 1.807) is 13.8 Å². The van der Waals surface area contributed by atoms with Crippen molar-refractivity contribution in [2.24, 2.45) is 5.92 Å². The van der Waals surface area contributed by atoms with Crippen LogP contribution in [0.3, 0.4) is 0 Å². The molecule has 4 rings (SSSR count). The van der Waals surface area contributed by atoms with Crippen LogP contribution in [0.2, 0.25) is 0 Å². The zero-order valence-electron chi connectivity index (χ0n) is 17.5. The molecule has 4 aliphatic rings. The van der Waals surface area contributed by atoms with Crippen molar-refractivity contribution >= 4 is 17.7 Å². The van der Waals surface area contributed by atoms with E-state index in [0.717, 1.165) is 5.57 Å². The number of hydrogen-bond donors (Lipinski definition) is 1. The number of carbonyl (C=O) groups is 3. The van der Waals surface area contributed by atoms with Gasteiger partial charge in [0.15, 0.2) is 11.9 Å². The molecule has 1 unspecified atom stereocenters. The molecule has 8 heteroatoms. The Bertz CT molecular complexity index is 901. The van der Waals surface area contributed by atoms with Crippen LogP contribution in [0.4, 0.5) is 0 Å². The molecule has 0 aliphatic carbocycles. The molecule has 4 bridgehead atoms. The van der Waals surface area contributed by atoms with Crippen LogP contribution >= 0.6 is 0 Å². The topological polar surface area (TPSA) is 112 Å². The minimum atomic E-state index is -2.14. The number of hydrogen-bond acceptors (Lipinski definition) is 8. The molecule has 3 fully saturated rings. The molecule has 0 aromatic carbocycles. The molecule has 0 saturated carbocycles. The van der Waals surface area contributed by atoms with Crippen molar-refractivity contribution < 1.29 is 38.4 Å². The largest absolute Gasteiger partial charge is 0.457 e. The van der Waals surface area contributed by atoms with Gasteiger partial charge in [-0.2, -0.15) is 0 Å². The van der Waals surface area contributed by atoms with Crippen molar-refractivity contribution in [3.63, 3.8) is 0 Å². The molecule has 0 spiro atoms. The monoisotopic (exact) mass is 418 g/mol. The number of rotatable bonds is 2. The molecule has 0 aromatic rings. The van der Waals surface area contributed by atoms with E-state index in [2.05, 4.69) is 6.58 Å². The van der Waals surface area contributed by atoms with Crippen molar-refractivity contribution in [3.8, 4) is 0 Å². The first kappa shape index (κ1) is 21.0. The number of allylic oxidation sites excluding steroid dienone is 2. The van der Waals surface area contributed by atoms with E-state index in [-0.39, 0.29) is 17.8 Å². The molecule has 162 valence electrons. The quantitative estimate of drug-likeness (QED) is 0.408. The Hall–Kier alpha value is -2.29. The highest BCUT2D eigenvalue weighted by molar-refractivity contribution is 6.00. The summed E-state index contributed by atoms with van der Waals surface area (Å²) in [6.07, 6.45) is 0.227. The Kier molecular flexibility index (Phi) is 4.80. The molecular weight excluding hydrogens is 392 g/mol. The molecule has 1 N–H and O–H groups in total. The summed E-state index contributed by atoms with van der Waals surface area (Å²) < 4.78 is 22.9. The molecule has 30 heavy (non-hydrogen) atoms. The predicted octanol–water partition coefficient (Wildman–Crippen LogP) is 1.52. The first-order valence-electron chi connectivity index (χ1n) is 10.0. The summed E-state index contributed by atoms with van der Waals surface area (Å²) in [6, 6.07) is 0. The maximum atomic E-state index is 12.8. The van der Waals surface area contributed by atoms with Gasteiger partial charge in [-0.3, -0.25) is 9.59 Å². The standard InChI is InChI=1S/C22H26O8/c1-10(2)15-9-17-21-19(30-21)16(28-20(21)25)7-11(3)6-14(24)8-12(4)22(26,29-17)18(15)27-13(5)23/h6,8,15-19,26H,1,7,9H2,2-5H3/b11-6-,12-8-/t15-,16-,17?,18-,19-,21-,22+/m1/s1. The second-order valence-electron chi connectivity index (χ2n) is 8.72. The van der Waals surface area contributed by atoms with E-state index in [0.29, 0.717) is 12.0 Å². The molecule has 4 heterocycles. The van der Waals surface area contributed by atoms with Crippen molar-refractivity contribution in [2.75, 3.05) is 0 Å². The van der Waals surface area contributed by atoms with Crippen LogP contribution in [0.15, 0.2) is 35.5 Å². The Balaban J connectivity index is 1.86. The minimum absolute atomic E-state index is 0.163. The van der Waals surface area contributed by atoms with Gasteiger partial charge in [-0.05, 0) is 44.9 Å². The van der Waals surface area contributed by atoms with Crippen LogP contribution in [-0.4, -0.2) is 58.6 Å². The Morgan fingerprint density at radius 1 is 1.23 bits per heavy atom. The Labute approximate surface area is 174 Å². The van der Waals surface area contributed by atoms with E-state index in [1.807, 2.05) is 0 Å². The van der Waals surface area contributed by atoms with Gasteiger partial charge in [0.05, 0.1) is 0 Å². The number of carbonyl (C=O) groups excluding carboxylic acids is 3. The highest BCUT2D eigenvalue weighted by atomic mass is 16.7. The van der Waals surface area contributed by atoms with E-state index >= 15 is 0 Å². The summed E-state index contributed by atoms with van der Waals surface area (Å²) in [6.45, 7) is 10.3. The third-order valence-electron chi connectivity index (χ3n) is 6.38. The van der Waals surface area contributed by atoms with Gasteiger partial charge in [-0.25, -0.2) is 4.79 Å². The lowest BCUT2D eigenvalue weighted by molar-refractivity contribution is -0.300. The van der Waals surface area contributed by atoms with E-state index in [9.17, 15) is 19.5 Å². The van der Waals surface area contributed by atoms with Gasteiger partial charge in [0.25, 0.3) is 0 Å². The number of epoxide rings is 1. The fourth-order valence-corrected chi connectivity index (χ4v) is 4.84. The van der Waals surface area contributed by atoms with Gasteiger partial charge in [0.2, 0.25) is 11.4 Å². The van der Waals surface area contributed by atoms with Gasteiger partial charge < -0.3 is 24.1 Å². The second kappa shape index (κ2) is 6.87. The van der Waals surface area contributed by atoms with Gasteiger partial charge in [-0.15, -0.1) is 0 Å². The highest BCUT2D eigenvalue weighted by Gasteiger charge is 2.78. The van der Waals surface area contributed by atoms with Crippen LogP contribution in [-0.2, 0) is 33.3 Å². The SMILES string of the molecule is C=C(C)[C@H]1CC2O[C@@](O)(/C(C)=C\C(=O)/C=C(/C)C[C@H]3OC(=O)[C@@]24O[C@H]34)[C@@H]1OC(C)=O. The summed E-state index contributed by atoms with van der Waals surface area (Å²) in [4.78, 5) is 37.2. The molecule has 7 atom stereocenters. The maximum absolute atomic E-state index is 12.8. The molecule has 4 aliphatic heterocycles. The summed E-state index contributed by atoms with van der Waals surface area (Å²) in [5.74, 6) is -4.18. The van der Waals surface area contributed by atoms with Crippen LogP contribution in [0.1, 0.15) is 40.5 Å². The van der Waals surface area contributed by atoms with Crippen molar-refractivity contribution in [3.05, 3.63) is 35.5 Å². The van der Waals surface area contributed by atoms with Crippen LogP contribution < -0.4 is 0 Å². The predicted molar refractivity (Wildman–Crippen MR) is 103 cm³/mol. The lowest BCUT2D eigenvalue weighted by atomic mass is 9.76. The molecule has 8 nitrogen and oxygen atoms in total. The normalized spacial score (nSPS) is 46.1. The average molecular weight is 418 g/mol. The number of fused-ring (bicyclic) bond motifs is 2. The lowest BCUT2D eigenvalue weighted by Crippen LogP contribution is -2.61. The van der Waals surface area contributed by atoms with Crippen LogP contribution in [0, 0.1) is 5.92 Å². The summed E-state index contributed by atoms with van der Waals surface area (Å²) >= 11 is 0. The first-order chi connectivity index (χ1) is 14.0. The minimum Gasteiger partial charge on any atom is -0.457 e. The maximum Gasteiger partial charge on any atom is 0.344 e. The average Bonchev–Trinajstić information content (AvgIpc) is 3.32. The second-order valence-corrected chi connectivity index (χ2v) is 8.72. The van der Waals surface area contributed by atoms with Crippen molar-refractivity contribution in [1.82, 2.24) is 0 Å². The number of ether oxygens (including phenoxy) is 4. The number of aliphatic hydroxyl groups is 1. The van der Waals surface area contributed by atoms with Crippen LogP contribution in [0.25, 0.3) is 0 Å². The van der Waals surface area contributed by atoms with Crippen molar-refractivity contribution in [1.29, 1.82) is 0 Å². The molecule has 0 aromatic heterocycles. The van der Waals surface area contributed by atoms with Crippen LogP contribution in [0.5, 0.6) is 0 Å². The summed E-state index contributed by atoms with van der Waals surface area (Å²) in [5, 5.41) is 11.6. The Morgan fingerprint density at radius 2 is 1.93 bits per heavy atom. The van der Waals surface area contributed by atoms with E-state index in [1.165, 1.54) is 26.0 Å². The molecular formula is C22H26O8. The molecule has 0 radical (unpaired) electrons. The highest BCUT2D eigenvalue weighted by Crippen LogP contribution is 2.56. The van der Waals surface area contributed by atoms with Crippen molar-refractivity contribution in [2.45, 2.75) is 76.3 Å². The fraction of sp³-hybridized carbons (Fsp3) is 0.591. The van der Waals surface area contributed by atoms with Gasteiger partial charge in [0.1, 0.15) is 18.3 Å².